The number of carbonyl (C=O) groups excluding carboxylic acids is 1. The summed E-state index contributed by atoms with van der Waals surface area (Å²) >= 11 is 0. The van der Waals surface area contributed by atoms with Crippen molar-refractivity contribution in [3.05, 3.63) is 60.4 Å². The number of aromatic nitrogens is 3. The Kier molecular flexibility index (Phi) is 4.46. The van der Waals surface area contributed by atoms with Crippen molar-refractivity contribution in [2.45, 2.75) is 19.9 Å². The number of rotatable bonds is 5. The first-order valence-corrected chi connectivity index (χ1v) is 8.78. The van der Waals surface area contributed by atoms with Gasteiger partial charge < -0.3 is 10.1 Å². The van der Waals surface area contributed by atoms with Gasteiger partial charge in [-0.2, -0.15) is 5.10 Å². The summed E-state index contributed by atoms with van der Waals surface area (Å²) in [7, 11) is 1.62. The van der Waals surface area contributed by atoms with Crippen molar-refractivity contribution in [3.63, 3.8) is 0 Å². The van der Waals surface area contributed by atoms with Crippen LogP contribution in [0.3, 0.4) is 0 Å². The van der Waals surface area contributed by atoms with Gasteiger partial charge in [0.15, 0.2) is 0 Å². The summed E-state index contributed by atoms with van der Waals surface area (Å²) in [6.45, 7) is 2.57. The molecule has 0 saturated heterocycles. The average Bonchev–Trinajstić information content (AvgIpc) is 3.08. The van der Waals surface area contributed by atoms with Gasteiger partial charge in [0.1, 0.15) is 5.75 Å². The minimum absolute atomic E-state index is 0.0686. The second-order valence-corrected chi connectivity index (χ2v) is 6.51. The number of methoxy groups -OCH3 is 1. The first-order valence-electron chi connectivity index (χ1n) is 8.78. The van der Waals surface area contributed by atoms with Gasteiger partial charge in [0.05, 0.1) is 42.8 Å². The maximum atomic E-state index is 12.3. The number of nitrogens with zero attached hydrogens (tertiary/aromatic N) is 3. The Morgan fingerprint density at radius 3 is 2.81 bits per heavy atom. The molecule has 6 nitrogen and oxygen atoms in total. The molecule has 0 aliphatic heterocycles. The van der Waals surface area contributed by atoms with Crippen molar-refractivity contribution < 1.29 is 9.53 Å². The number of aryl methyl sites for hydroxylation is 2. The summed E-state index contributed by atoms with van der Waals surface area (Å²) in [6.07, 6.45) is 3.83. The lowest BCUT2D eigenvalue weighted by Gasteiger charge is -2.08. The van der Waals surface area contributed by atoms with E-state index >= 15 is 0 Å². The van der Waals surface area contributed by atoms with Crippen LogP contribution in [-0.2, 0) is 11.3 Å². The molecule has 0 bridgehead atoms. The van der Waals surface area contributed by atoms with Crippen LogP contribution in [0.1, 0.15) is 12.0 Å². The Morgan fingerprint density at radius 2 is 1.96 bits per heavy atom. The molecule has 2 aromatic carbocycles. The van der Waals surface area contributed by atoms with E-state index in [1.165, 1.54) is 5.56 Å². The lowest BCUT2D eigenvalue weighted by atomic mass is 10.2. The van der Waals surface area contributed by atoms with Gasteiger partial charge in [0.25, 0.3) is 0 Å². The van der Waals surface area contributed by atoms with Gasteiger partial charge in [-0.05, 0) is 36.8 Å². The van der Waals surface area contributed by atoms with E-state index in [4.69, 9.17) is 4.74 Å². The first-order chi connectivity index (χ1) is 13.1. The number of hydrogen-bond acceptors (Lipinski definition) is 4. The SMILES string of the molecule is COc1ccc2cc(NC(=O)CCn3ncc4ccc(C)cc43)cnc2c1. The number of fused-ring (bicyclic) bond motifs is 2. The van der Waals surface area contributed by atoms with Gasteiger partial charge in [-0.1, -0.05) is 12.1 Å². The van der Waals surface area contributed by atoms with Crippen LogP contribution in [0.5, 0.6) is 5.75 Å². The molecule has 4 rings (SSSR count). The summed E-state index contributed by atoms with van der Waals surface area (Å²) in [5, 5.41) is 9.32. The highest BCUT2D eigenvalue weighted by atomic mass is 16.5. The molecule has 27 heavy (non-hydrogen) atoms. The highest BCUT2D eigenvalue weighted by molar-refractivity contribution is 5.93. The molecule has 6 heteroatoms. The van der Waals surface area contributed by atoms with Crippen molar-refractivity contribution >= 4 is 33.4 Å². The highest BCUT2D eigenvalue weighted by Gasteiger charge is 2.08. The van der Waals surface area contributed by atoms with Crippen molar-refractivity contribution in [2.75, 3.05) is 12.4 Å². The highest BCUT2D eigenvalue weighted by Crippen LogP contribution is 2.22. The fourth-order valence-electron chi connectivity index (χ4n) is 3.09. The van der Waals surface area contributed by atoms with E-state index in [-0.39, 0.29) is 5.91 Å². The molecule has 1 amide bonds. The van der Waals surface area contributed by atoms with E-state index < -0.39 is 0 Å². The van der Waals surface area contributed by atoms with Crippen molar-refractivity contribution in [3.8, 4) is 5.75 Å². The van der Waals surface area contributed by atoms with Crippen LogP contribution in [-0.4, -0.2) is 27.8 Å². The number of carbonyl (C=O) groups is 1. The van der Waals surface area contributed by atoms with Gasteiger partial charge in [-0.15, -0.1) is 0 Å². The van der Waals surface area contributed by atoms with E-state index in [1.807, 2.05) is 48.1 Å². The third-order valence-electron chi connectivity index (χ3n) is 4.53. The summed E-state index contributed by atoms with van der Waals surface area (Å²) in [6, 6.07) is 13.8. The molecule has 0 saturated carbocycles. The van der Waals surface area contributed by atoms with Gasteiger partial charge in [-0.25, -0.2) is 0 Å². The normalized spacial score (nSPS) is 11.0. The van der Waals surface area contributed by atoms with Crippen LogP contribution >= 0.6 is 0 Å². The van der Waals surface area contributed by atoms with Crippen molar-refractivity contribution in [2.24, 2.45) is 0 Å². The van der Waals surface area contributed by atoms with Crippen molar-refractivity contribution in [1.82, 2.24) is 14.8 Å². The van der Waals surface area contributed by atoms with Crippen LogP contribution in [0.4, 0.5) is 5.69 Å². The molecule has 0 spiro atoms. The number of nitrogens with one attached hydrogen (secondary N) is 1. The number of pyridine rings is 1. The van der Waals surface area contributed by atoms with Crippen LogP contribution in [0.25, 0.3) is 21.8 Å². The Bertz CT molecular complexity index is 1130. The van der Waals surface area contributed by atoms with Crippen LogP contribution in [0, 0.1) is 6.92 Å². The molecule has 0 aliphatic carbocycles. The Labute approximate surface area is 156 Å². The minimum Gasteiger partial charge on any atom is -0.497 e. The zero-order chi connectivity index (χ0) is 18.8. The predicted octanol–water partition coefficient (Wildman–Crippen LogP) is 3.93. The van der Waals surface area contributed by atoms with E-state index in [0.717, 1.165) is 27.6 Å². The molecule has 0 atom stereocenters. The molecular weight excluding hydrogens is 340 g/mol. The Morgan fingerprint density at radius 1 is 1.11 bits per heavy atom. The van der Waals surface area contributed by atoms with E-state index in [9.17, 15) is 4.79 Å². The van der Waals surface area contributed by atoms with Crippen LogP contribution < -0.4 is 10.1 Å². The van der Waals surface area contributed by atoms with Gasteiger partial charge >= 0.3 is 0 Å². The van der Waals surface area contributed by atoms with E-state index in [0.29, 0.717) is 18.7 Å². The van der Waals surface area contributed by atoms with Crippen LogP contribution in [0.15, 0.2) is 54.9 Å². The van der Waals surface area contributed by atoms with E-state index in [1.54, 1.807) is 13.3 Å². The molecule has 2 heterocycles. The zero-order valence-electron chi connectivity index (χ0n) is 15.3. The number of ether oxygens (including phenoxy) is 1. The lowest BCUT2D eigenvalue weighted by molar-refractivity contribution is -0.116. The third kappa shape index (κ3) is 3.60. The molecule has 0 radical (unpaired) electrons. The molecule has 2 aromatic heterocycles. The summed E-state index contributed by atoms with van der Waals surface area (Å²) in [4.78, 5) is 16.7. The summed E-state index contributed by atoms with van der Waals surface area (Å²) in [5.74, 6) is 0.689. The zero-order valence-corrected chi connectivity index (χ0v) is 15.3. The quantitative estimate of drug-likeness (QED) is 0.585. The van der Waals surface area contributed by atoms with Gasteiger partial charge in [0.2, 0.25) is 5.91 Å². The largest absolute Gasteiger partial charge is 0.497 e. The fourth-order valence-corrected chi connectivity index (χ4v) is 3.09. The standard InChI is InChI=1S/C21H20N4O2/c1-14-3-4-16-12-23-25(20(16)9-14)8-7-21(26)24-17-10-15-5-6-18(27-2)11-19(15)22-13-17/h3-6,9-13H,7-8H2,1-2H3,(H,24,26). The minimum atomic E-state index is -0.0686. The number of anilines is 1. The summed E-state index contributed by atoms with van der Waals surface area (Å²) < 4.78 is 7.07. The predicted molar refractivity (Wildman–Crippen MR) is 106 cm³/mol. The summed E-state index contributed by atoms with van der Waals surface area (Å²) in [5.41, 5.74) is 3.72. The fraction of sp³-hybridized carbons (Fsp3) is 0.190. The molecule has 0 unspecified atom stereocenters. The first kappa shape index (κ1) is 17.0. The van der Waals surface area contributed by atoms with Gasteiger partial charge in [-0.3, -0.25) is 14.5 Å². The maximum Gasteiger partial charge on any atom is 0.226 e. The topological polar surface area (TPSA) is 69.0 Å². The van der Waals surface area contributed by atoms with Crippen LogP contribution in [0.2, 0.25) is 0 Å². The van der Waals surface area contributed by atoms with E-state index in [2.05, 4.69) is 27.5 Å². The lowest BCUT2D eigenvalue weighted by Crippen LogP contribution is -2.15. The van der Waals surface area contributed by atoms with Gasteiger partial charge in [0, 0.05) is 23.3 Å². The molecular formula is C21H20N4O2. The molecule has 0 aliphatic rings. The molecule has 0 fully saturated rings. The average molecular weight is 360 g/mol. The maximum absolute atomic E-state index is 12.3. The number of amides is 1. The third-order valence-corrected chi connectivity index (χ3v) is 4.53. The number of benzene rings is 2. The second kappa shape index (κ2) is 7.07. The molecule has 136 valence electrons. The second-order valence-electron chi connectivity index (χ2n) is 6.51. The smallest absolute Gasteiger partial charge is 0.226 e. The van der Waals surface area contributed by atoms with Crippen molar-refractivity contribution in [1.29, 1.82) is 0 Å². The number of hydrogen-bond donors (Lipinski definition) is 1. The molecule has 4 aromatic rings. The molecule has 1 N–H and O–H groups in total. The monoisotopic (exact) mass is 360 g/mol. The Balaban J connectivity index is 1.44. The Hall–Kier alpha value is -3.41.